The summed E-state index contributed by atoms with van der Waals surface area (Å²) in [7, 11) is 1.19. The van der Waals surface area contributed by atoms with E-state index in [-0.39, 0.29) is 0 Å². The lowest BCUT2D eigenvalue weighted by atomic mass is 10.1. The van der Waals surface area contributed by atoms with E-state index in [2.05, 4.69) is 15.5 Å². The normalized spacial score (nSPS) is 22.9. The van der Waals surface area contributed by atoms with Crippen molar-refractivity contribution >= 4 is 10.2 Å². The van der Waals surface area contributed by atoms with Crippen LogP contribution in [-0.4, -0.2) is 46.2 Å². The van der Waals surface area contributed by atoms with Crippen molar-refractivity contribution in [1.82, 2.24) is 9.80 Å². The molecule has 15 heavy (non-hydrogen) atoms. The van der Waals surface area contributed by atoms with Crippen LogP contribution < -0.4 is 0 Å². The van der Waals surface area contributed by atoms with E-state index in [1.807, 2.05) is 0 Å². The molecule has 0 saturated carbocycles. The average Bonchev–Trinajstić information content (AvgIpc) is 2.33. The van der Waals surface area contributed by atoms with Gasteiger partial charge in [0.15, 0.2) is 0 Å². The Hall–Kier alpha value is -0.443. The van der Waals surface area contributed by atoms with Crippen LogP contribution in [0, 0.1) is 0 Å². The van der Waals surface area contributed by atoms with E-state index >= 15 is 0 Å². The lowest BCUT2D eigenvalue weighted by Gasteiger charge is -2.40. The molecule has 2 heterocycles. The molecule has 0 radical (unpaired) electrons. The smallest absolute Gasteiger partial charge is 0.0948 e. The molecule has 0 unspecified atom stereocenters. The Morgan fingerprint density at radius 2 is 1.13 bits per heavy atom. The van der Waals surface area contributed by atoms with Gasteiger partial charge in [0.25, 0.3) is 0 Å². The van der Waals surface area contributed by atoms with Crippen molar-refractivity contribution in [1.29, 1.82) is 0 Å². The zero-order valence-corrected chi connectivity index (χ0v) is 12.0. The Kier molecular flexibility index (Phi) is 4.12. The highest BCUT2D eigenvalue weighted by atomic mass is 28.1. The molecule has 2 saturated heterocycles. The minimum Gasteiger partial charge on any atom is -0.359 e. The Morgan fingerprint density at radius 3 is 1.47 bits per heavy atom. The van der Waals surface area contributed by atoms with E-state index in [0.717, 1.165) is 0 Å². The van der Waals surface area contributed by atoms with Gasteiger partial charge in [-0.15, -0.1) is 0 Å². The summed E-state index contributed by atoms with van der Waals surface area (Å²) in [5.74, 6) is 1.57. The highest BCUT2D eigenvalue weighted by Crippen LogP contribution is 2.21. The van der Waals surface area contributed by atoms with Gasteiger partial charge in [-0.3, -0.25) is 0 Å². The first-order valence-electron chi connectivity index (χ1n) is 6.58. The van der Waals surface area contributed by atoms with Crippen LogP contribution in [0.5, 0.6) is 0 Å². The summed E-state index contributed by atoms with van der Waals surface area (Å²) in [5, 5.41) is 0. The fraction of sp³-hybridized carbons (Fsp3) is 0.833. The van der Waals surface area contributed by atoms with Crippen LogP contribution in [0.15, 0.2) is 11.5 Å². The van der Waals surface area contributed by atoms with Gasteiger partial charge in [0.2, 0.25) is 0 Å². The molecule has 2 aliphatic rings. The molecule has 0 N–H and O–H groups in total. The predicted molar refractivity (Wildman–Crippen MR) is 68.9 cm³/mol. The van der Waals surface area contributed by atoms with Gasteiger partial charge in [-0.05, 0) is 38.5 Å². The van der Waals surface area contributed by atoms with Gasteiger partial charge in [0, 0.05) is 36.4 Å². The average molecular weight is 224 g/mol. The van der Waals surface area contributed by atoms with Crippen molar-refractivity contribution in [3.63, 3.8) is 0 Å². The van der Waals surface area contributed by atoms with Gasteiger partial charge in [0.05, 0.1) is 5.82 Å². The van der Waals surface area contributed by atoms with Crippen molar-refractivity contribution in [2.45, 2.75) is 38.5 Å². The second kappa shape index (κ2) is 5.59. The van der Waals surface area contributed by atoms with Gasteiger partial charge in [0.1, 0.15) is 0 Å². The van der Waals surface area contributed by atoms with E-state index in [1.165, 1.54) is 74.9 Å². The van der Waals surface area contributed by atoms with Crippen molar-refractivity contribution in [2.75, 3.05) is 26.2 Å². The Balaban J connectivity index is 1.95. The maximum Gasteiger partial charge on any atom is 0.0948 e. The molecule has 2 rings (SSSR count). The zero-order valence-electron chi connectivity index (χ0n) is 10.0. The molecule has 0 spiro atoms. The first-order valence-corrected chi connectivity index (χ1v) is 7.73. The van der Waals surface area contributed by atoms with Crippen molar-refractivity contribution < 1.29 is 0 Å². The van der Waals surface area contributed by atoms with Crippen LogP contribution in [0.2, 0.25) is 0 Å². The summed E-state index contributed by atoms with van der Waals surface area (Å²) >= 11 is 0. The van der Waals surface area contributed by atoms with E-state index in [9.17, 15) is 0 Å². The standard InChI is InChI=1S/C12H24N2Si/c15-11-12(13-7-3-1-4-8-13)14-9-5-2-6-10-14/h11H,1-10H2,15H3. The lowest BCUT2D eigenvalue weighted by Crippen LogP contribution is -2.40. The third-order valence-corrected chi connectivity index (χ3v) is 4.13. The number of likely N-dealkylation sites (tertiary alicyclic amines) is 2. The van der Waals surface area contributed by atoms with Crippen LogP contribution in [0.3, 0.4) is 0 Å². The Labute approximate surface area is 96.7 Å². The molecule has 0 amide bonds. The minimum absolute atomic E-state index is 1.19. The summed E-state index contributed by atoms with van der Waals surface area (Å²) in [6.45, 7) is 5.18. The van der Waals surface area contributed by atoms with Gasteiger partial charge in [-0.1, -0.05) is 5.70 Å². The molecule has 0 atom stereocenters. The molecule has 0 aromatic carbocycles. The Bertz CT molecular complexity index is 196. The topological polar surface area (TPSA) is 6.48 Å². The third kappa shape index (κ3) is 2.77. The maximum absolute atomic E-state index is 2.63. The van der Waals surface area contributed by atoms with Gasteiger partial charge in [-0.25, -0.2) is 0 Å². The van der Waals surface area contributed by atoms with Crippen LogP contribution in [-0.2, 0) is 0 Å². The summed E-state index contributed by atoms with van der Waals surface area (Å²) in [6, 6.07) is 0. The molecule has 2 nitrogen and oxygen atoms in total. The molecule has 0 bridgehead atoms. The molecule has 3 heteroatoms. The van der Waals surface area contributed by atoms with Gasteiger partial charge >= 0.3 is 0 Å². The summed E-state index contributed by atoms with van der Waals surface area (Å²) in [4.78, 5) is 5.25. The fourth-order valence-electron chi connectivity index (χ4n) is 2.81. The van der Waals surface area contributed by atoms with Crippen molar-refractivity contribution in [2.24, 2.45) is 0 Å². The number of hydrogen-bond acceptors (Lipinski definition) is 2. The van der Waals surface area contributed by atoms with E-state index in [1.54, 1.807) is 5.82 Å². The van der Waals surface area contributed by atoms with E-state index in [0.29, 0.717) is 0 Å². The predicted octanol–water partition coefficient (Wildman–Crippen LogP) is 1.12. The van der Waals surface area contributed by atoms with Crippen molar-refractivity contribution in [3.05, 3.63) is 11.5 Å². The first-order chi connectivity index (χ1) is 7.42. The first kappa shape index (κ1) is 11.1. The van der Waals surface area contributed by atoms with Crippen LogP contribution in [0.4, 0.5) is 0 Å². The van der Waals surface area contributed by atoms with Crippen molar-refractivity contribution in [3.8, 4) is 0 Å². The molecule has 2 aliphatic heterocycles. The largest absolute Gasteiger partial charge is 0.359 e. The third-order valence-electron chi connectivity index (χ3n) is 3.62. The van der Waals surface area contributed by atoms with E-state index in [4.69, 9.17) is 0 Å². The van der Waals surface area contributed by atoms with Crippen LogP contribution in [0.25, 0.3) is 0 Å². The van der Waals surface area contributed by atoms with Crippen LogP contribution in [0.1, 0.15) is 38.5 Å². The molecule has 86 valence electrons. The second-order valence-corrected chi connectivity index (χ2v) is 5.32. The molecule has 0 aliphatic carbocycles. The summed E-state index contributed by atoms with van der Waals surface area (Å²) in [5.41, 5.74) is 2.46. The molecular formula is C12H24N2Si. The summed E-state index contributed by atoms with van der Waals surface area (Å²) < 4.78 is 0. The SMILES string of the molecule is [SiH3]C=C(N1CCCCC1)N1CCCCC1. The number of rotatable bonds is 2. The van der Waals surface area contributed by atoms with E-state index < -0.39 is 0 Å². The minimum atomic E-state index is 1.19. The lowest BCUT2D eigenvalue weighted by molar-refractivity contribution is 0.167. The Morgan fingerprint density at radius 1 is 0.733 bits per heavy atom. The van der Waals surface area contributed by atoms with Crippen LogP contribution >= 0.6 is 0 Å². The molecule has 2 fully saturated rings. The number of piperidine rings is 2. The highest BCUT2D eigenvalue weighted by molar-refractivity contribution is 6.17. The number of nitrogens with zero attached hydrogens (tertiary/aromatic N) is 2. The number of hydrogen-bond donors (Lipinski definition) is 0. The second-order valence-electron chi connectivity index (χ2n) is 4.74. The molecular weight excluding hydrogens is 200 g/mol. The highest BCUT2D eigenvalue weighted by Gasteiger charge is 2.19. The molecule has 0 aromatic heterocycles. The summed E-state index contributed by atoms with van der Waals surface area (Å²) in [6.07, 6.45) is 8.45. The molecule has 0 aromatic rings. The fourth-order valence-corrected chi connectivity index (χ4v) is 3.54. The van der Waals surface area contributed by atoms with Gasteiger partial charge in [-0.2, -0.15) is 0 Å². The quantitative estimate of drug-likeness (QED) is 0.649. The van der Waals surface area contributed by atoms with Gasteiger partial charge < -0.3 is 9.80 Å². The monoisotopic (exact) mass is 224 g/mol. The maximum atomic E-state index is 2.63. The zero-order chi connectivity index (χ0) is 10.5.